The first-order chi connectivity index (χ1) is 12.5. The van der Waals surface area contributed by atoms with Crippen molar-refractivity contribution in [3.63, 3.8) is 0 Å². The highest BCUT2D eigenvalue weighted by Crippen LogP contribution is 2.18. The molecule has 2 N–H and O–H groups in total. The van der Waals surface area contributed by atoms with Gasteiger partial charge in [0.1, 0.15) is 6.33 Å². The average Bonchev–Trinajstić information content (AvgIpc) is 3.25. The Hall–Kier alpha value is -3.49. The summed E-state index contributed by atoms with van der Waals surface area (Å²) in [6.07, 6.45) is 1.38. The predicted octanol–water partition coefficient (Wildman–Crippen LogP) is 1.62. The van der Waals surface area contributed by atoms with Crippen LogP contribution in [0.1, 0.15) is 21.7 Å². The summed E-state index contributed by atoms with van der Waals surface area (Å²) in [5.74, 6) is -0.481. The molecular formula is C17H18N6O3. The Morgan fingerprint density at radius 3 is 2.77 bits per heavy atom. The van der Waals surface area contributed by atoms with Gasteiger partial charge in [-0.25, -0.2) is 9.78 Å². The summed E-state index contributed by atoms with van der Waals surface area (Å²) >= 11 is 0. The first-order valence-corrected chi connectivity index (χ1v) is 7.88. The van der Waals surface area contributed by atoms with Gasteiger partial charge in [-0.1, -0.05) is 12.1 Å². The largest absolute Gasteiger partial charge is 0.452 e. The molecular weight excluding hydrogens is 336 g/mol. The van der Waals surface area contributed by atoms with Gasteiger partial charge in [0.2, 0.25) is 0 Å². The quantitative estimate of drug-likeness (QED) is 0.673. The van der Waals surface area contributed by atoms with E-state index in [4.69, 9.17) is 4.74 Å². The maximum Gasteiger partial charge on any atom is 0.338 e. The number of amides is 1. The SMILES string of the molecule is Cc1nn(C)c(C)c1NC(=O)COC(=O)c1cccc(-c2ncn[nH]2)c1. The molecule has 0 aliphatic heterocycles. The van der Waals surface area contributed by atoms with Crippen molar-refractivity contribution in [3.05, 3.63) is 47.5 Å². The number of nitrogens with one attached hydrogen (secondary N) is 2. The number of esters is 1. The molecule has 0 bridgehead atoms. The van der Waals surface area contributed by atoms with Crippen LogP contribution in [0.2, 0.25) is 0 Å². The van der Waals surface area contributed by atoms with E-state index in [-0.39, 0.29) is 6.61 Å². The van der Waals surface area contributed by atoms with E-state index in [1.165, 1.54) is 6.33 Å². The van der Waals surface area contributed by atoms with Crippen LogP contribution in [0.15, 0.2) is 30.6 Å². The predicted molar refractivity (Wildman–Crippen MR) is 93.4 cm³/mol. The van der Waals surface area contributed by atoms with Gasteiger partial charge in [-0.3, -0.25) is 14.6 Å². The number of benzene rings is 1. The molecule has 1 aromatic carbocycles. The molecule has 1 amide bonds. The maximum atomic E-state index is 12.2. The normalized spacial score (nSPS) is 10.6. The smallest absolute Gasteiger partial charge is 0.338 e. The summed E-state index contributed by atoms with van der Waals surface area (Å²) in [7, 11) is 1.79. The summed E-state index contributed by atoms with van der Waals surface area (Å²) in [4.78, 5) is 28.3. The van der Waals surface area contributed by atoms with Crippen molar-refractivity contribution in [1.82, 2.24) is 25.0 Å². The van der Waals surface area contributed by atoms with E-state index in [1.807, 2.05) is 6.92 Å². The number of ether oxygens (including phenoxy) is 1. The number of hydrogen-bond donors (Lipinski definition) is 2. The van der Waals surface area contributed by atoms with Crippen LogP contribution in [0.3, 0.4) is 0 Å². The van der Waals surface area contributed by atoms with Crippen LogP contribution in [-0.4, -0.2) is 43.4 Å². The van der Waals surface area contributed by atoms with Gasteiger partial charge in [0.05, 0.1) is 22.6 Å². The number of carbonyl (C=O) groups is 2. The van der Waals surface area contributed by atoms with Crippen LogP contribution in [0.4, 0.5) is 5.69 Å². The molecule has 9 heteroatoms. The third-order valence-electron chi connectivity index (χ3n) is 3.89. The molecule has 0 aliphatic carbocycles. The van der Waals surface area contributed by atoms with E-state index in [9.17, 15) is 9.59 Å². The van der Waals surface area contributed by atoms with Crippen molar-refractivity contribution in [3.8, 4) is 11.4 Å². The standard InChI is InChI=1S/C17H18N6O3/c1-10-15(11(2)23(3)22-10)20-14(24)8-26-17(25)13-6-4-5-12(7-13)16-18-9-19-21-16/h4-7,9H,8H2,1-3H3,(H,20,24)(H,18,19,21). The summed E-state index contributed by atoms with van der Waals surface area (Å²) in [6, 6.07) is 6.72. The molecule has 2 heterocycles. The lowest BCUT2D eigenvalue weighted by Gasteiger charge is -2.07. The second kappa shape index (κ2) is 7.18. The van der Waals surface area contributed by atoms with Gasteiger partial charge in [0.15, 0.2) is 12.4 Å². The summed E-state index contributed by atoms with van der Waals surface area (Å²) < 4.78 is 6.77. The second-order valence-electron chi connectivity index (χ2n) is 5.71. The van der Waals surface area contributed by atoms with Gasteiger partial charge in [-0.05, 0) is 26.0 Å². The average molecular weight is 354 g/mol. The number of anilines is 1. The zero-order valence-electron chi connectivity index (χ0n) is 14.6. The molecule has 3 aromatic rings. The van der Waals surface area contributed by atoms with Gasteiger partial charge >= 0.3 is 5.97 Å². The zero-order valence-corrected chi connectivity index (χ0v) is 14.6. The lowest BCUT2D eigenvalue weighted by Crippen LogP contribution is -2.21. The third-order valence-corrected chi connectivity index (χ3v) is 3.89. The minimum Gasteiger partial charge on any atom is -0.452 e. The fourth-order valence-corrected chi connectivity index (χ4v) is 2.48. The number of carbonyl (C=O) groups excluding carboxylic acids is 2. The number of aryl methyl sites for hydroxylation is 2. The molecule has 0 saturated heterocycles. The second-order valence-corrected chi connectivity index (χ2v) is 5.71. The zero-order chi connectivity index (χ0) is 18.7. The van der Waals surface area contributed by atoms with Gasteiger partial charge < -0.3 is 10.1 Å². The van der Waals surface area contributed by atoms with E-state index < -0.39 is 11.9 Å². The Morgan fingerprint density at radius 1 is 1.31 bits per heavy atom. The Bertz CT molecular complexity index is 946. The van der Waals surface area contributed by atoms with Crippen molar-refractivity contribution < 1.29 is 14.3 Å². The minimum absolute atomic E-state index is 0.320. The van der Waals surface area contributed by atoms with Crippen LogP contribution in [-0.2, 0) is 16.6 Å². The molecule has 0 spiro atoms. The monoisotopic (exact) mass is 354 g/mol. The van der Waals surface area contributed by atoms with Crippen molar-refractivity contribution in [2.24, 2.45) is 7.05 Å². The van der Waals surface area contributed by atoms with Crippen LogP contribution >= 0.6 is 0 Å². The molecule has 0 aliphatic rings. The van der Waals surface area contributed by atoms with Crippen LogP contribution in [0.5, 0.6) is 0 Å². The number of rotatable bonds is 5. The lowest BCUT2D eigenvalue weighted by molar-refractivity contribution is -0.119. The van der Waals surface area contributed by atoms with Gasteiger partial charge in [-0.2, -0.15) is 10.2 Å². The number of hydrogen-bond acceptors (Lipinski definition) is 6. The Balaban J connectivity index is 1.62. The maximum absolute atomic E-state index is 12.2. The van der Waals surface area contributed by atoms with Crippen LogP contribution < -0.4 is 5.32 Å². The molecule has 0 saturated carbocycles. The van der Waals surface area contributed by atoms with E-state index in [2.05, 4.69) is 25.6 Å². The van der Waals surface area contributed by atoms with Gasteiger partial charge in [0, 0.05) is 12.6 Å². The minimum atomic E-state index is -0.596. The molecule has 0 atom stereocenters. The van der Waals surface area contributed by atoms with Crippen LogP contribution in [0.25, 0.3) is 11.4 Å². The molecule has 134 valence electrons. The molecule has 2 aromatic heterocycles. The number of H-pyrrole nitrogens is 1. The number of nitrogens with zero attached hydrogens (tertiary/aromatic N) is 4. The summed E-state index contributed by atoms with van der Waals surface area (Å²) in [6.45, 7) is 3.25. The Morgan fingerprint density at radius 2 is 2.12 bits per heavy atom. The van der Waals surface area contributed by atoms with E-state index in [1.54, 1.807) is 42.9 Å². The van der Waals surface area contributed by atoms with Gasteiger partial charge in [-0.15, -0.1) is 0 Å². The first kappa shape index (κ1) is 17.3. The molecule has 9 nitrogen and oxygen atoms in total. The first-order valence-electron chi connectivity index (χ1n) is 7.88. The fraction of sp³-hybridized carbons (Fsp3) is 0.235. The topological polar surface area (TPSA) is 115 Å². The summed E-state index contributed by atoms with van der Waals surface area (Å²) in [5.41, 5.74) is 3.16. The molecule has 26 heavy (non-hydrogen) atoms. The van der Waals surface area contributed by atoms with Crippen molar-refractivity contribution in [2.45, 2.75) is 13.8 Å². The fourth-order valence-electron chi connectivity index (χ4n) is 2.48. The Kier molecular flexibility index (Phi) is 4.78. The number of aromatic amines is 1. The van der Waals surface area contributed by atoms with Gasteiger partial charge in [0.25, 0.3) is 5.91 Å². The highest BCUT2D eigenvalue weighted by Gasteiger charge is 2.15. The lowest BCUT2D eigenvalue weighted by atomic mass is 10.1. The number of aromatic nitrogens is 5. The highest BCUT2D eigenvalue weighted by atomic mass is 16.5. The third kappa shape index (κ3) is 3.61. The highest BCUT2D eigenvalue weighted by molar-refractivity contribution is 5.96. The molecule has 0 radical (unpaired) electrons. The van der Waals surface area contributed by atoms with Crippen LogP contribution in [0, 0.1) is 13.8 Å². The molecule has 3 rings (SSSR count). The van der Waals surface area contributed by atoms with Crippen molar-refractivity contribution >= 4 is 17.6 Å². The van der Waals surface area contributed by atoms with E-state index in [0.29, 0.717) is 28.3 Å². The molecule has 0 unspecified atom stereocenters. The van der Waals surface area contributed by atoms with E-state index >= 15 is 0 Å². The van der Waals surface area contributed by atoms with Crippen molar-refractivity contribution in [1.29, 1.82) is 0 Å². The Labute approximate surface area is 149 Å². The van der Waals surface area contributed by atoms with E-state index in [0.717, 1.165) is 5.69 Å². The molecule has 0 fully saturated rings. The van der Waals surface area contributed by atoms with Crippen molar-refractivity contribution in [2.75, 3.05) is 11.9 Å². The summed E-state index contributed by atoms with van der Waals surface area (Å²) in [5, 5.41) is 13.4.